The van der Waals surface area contributed by atoms with E-state index in [-0.39, 0.29) is 218 Å². The summed E-state index contributed by atoms with van der Waals surface area (Å²) in [7, 11) is 0. The van der Waals surface area contributed by atoms with E-state index >= 15 is 0 Å². The number of carbonyl (C=O) groups is 10. The van der Waals surface area contributed by atoms with Crippen LogP contribution in [-0.2, 0) is 63.9 Å². The number of carbonyl (C=O) groups excluding carboxylic acids is 7. The zero-order valence-corrected chi connectivity index (χ0v) is 48.4. The van der Waals surface area contributed by atoms with Gasteiger partial charge in [0, 0.05) is 149 Å². The smallest absolute Gasteiger partial charge is 0.317 e. The van der Waals surface area contributed by atoms with Gasteiger partial charge in [-0.05, 0) is 42.0 Å². The third kappa shape index (κ3) is 28.2. The molecule has 1 unspecified atom stereocenters. The van der Waals surface area contributed by atoms with E-state index in [1.807, 2.05) is 25.0 Å². The van der Waals surface area contributed by atoms with Crippen LogP contribution in [-0.4, -0.2) is 255 Å². The molecule has 2 saturated heterocycles. The van der Waals surface area contributed by atoms with Gasteiger partial charge in [0.15, 0.2) is 5.78 Å². The van der Waals surface area contributed by atoms with Crippen LogP contribution in [0.2, 0.25) is 0 Å². The number of likely N-dealkylation sites (tertiary alicyclic amines) is 1. The van der Waals surface area contributed by atoms with Gasteiger partial charge in [-0.25, -0.2) is 0 Å². The van der Waals surface area contributed by atoms with Gasteiger partial charge in [0.1, 0.15) is 6.61 Å². The van der Waals surface area contributed by atoms with Crippen LogP contribution in [0.15, 0.2) is 24.3 Å². The number of Topliss-reactive ketones (excluding diaryl/α,β-unsaturated/α-hetero) is 1. The molecule has 6 amide bonds. The average molecular weight is 1270 g/mol. The fourth-order valence-electron chi connectivity index (χ4n) is 8.48. The van der Waals surface area contributed by atoms with Crippen LogP contribution in [0.4, 0.5) is 0 Å². The van der Waals surface area contributed by atoms with Crippen molar-refractivity contribution in [3.8, 4) is 0 Å². The summed E-state index contributed by atoms with van der Waals surface area (Å²) in [6.07, 6.45) is 2.90. The molecule has 7 N–H and O–H groups in total. The van der Waals surface area contributed by atoms with Crippen molar-refractivity contribution in [3.63, 3.8) is 0 Å². The largest absolute Gasteiger partial charge is 0.480 e. The molecular formula is C51H81GdN9O16S. The molecule has 0 aliphatic carbocycles. The van der Waals surface area contributed by atoms with Gasteiger partial charge >= 0.3 is 17.9 Å². The van der Waals surface area contributed by atoms with Gasteiger partial charge in [-0.15, -0.1) is 0 Å². The number of thioether (sulfide) groups is 1. The van der Waals surface area contributed by atoms with Gasteiger partial charge in [-0.1, -0.05) is 39.3 Å². The van der Waals surface area contributed by atoms with Crippen LogP contribution in [0.1, 0.15) is 62.4 Å². The molecule has 0 saturated carbocycles. The summed E-state index contributed by atoms with van der Waals surface area (Å²) < 4.78 is 16.5. The number of ether oxygens (including phenoxy) is 3. The Morgan fingerprint density at radius 3 is 1.77 bits per heavy atom. The number of rotatable bonds is 35. The summed E-state index contributed by atoms with van der Waals surface area (Å²) in [5.74, 6) is -6.13. The maximum atomic E-state index is 13.8. The van der Waals surface area contributed by atoms with Crippen molar-refractivity contribution in [1.82, 2.24) is 45.8 Å². The summed E-state index contributed by atoms with van der Waals surface area (Å²) in [6.45, 7) is 8.14. The Morgan fingerprint density at radius 1 is 0.718 bits per heavy atom. The van der Waals surface area contributed by atoms with Crippen LogP contribution in [0.25, 0.3) is 0 Å². The molecule has 2 fully saturated rings. The van der Waals surface area contributed by atoms with E-state index in [4.69, 9.17) is 14.2 Å². The van der Waals surface area contributed by atoms with Gasteiger partial charge < -0.3 is 50.8 Å². The molecule has 2 aliphatic heterocycles. The zero-order chi connectivity index (χ0) is 56.7. The topological polar surface area (TPSA) is 323 Å². The van der Waals surface area contributed by atoms with Crippen molar-refractivity contribution in [2.75, 3.05) is 150 Å². The van der Waals surface area contributed by atoms with E-state index < -0.39 is 41.7 Å². The molecular weight excluding hydrogens is 1180 g/mol. The van der Waals surface area contributed by atoms with E-state index in [1.165, 1.54) is 11.8 Å². The molecule has 1 aromatic carbocycles. The molecule has 2 aliphatic rings. The number of benzene rings is 1. The predicted octanol–water partition coefficient (Wildman–Crippen LogP) is -1.07. The normalized spacial score (nSPS) is 17.4. The Balaban J connectivity index is 0.0000208. The quantitative estimate of drug-likeness (QED) is 0.0314. The third-order valence-corrected chi connectivity index (χ3v) is 13.7. The number of nitrogens with zero attached hydrogens (tertiary/aromatic N) is 5. The van der Waals surface area contributed by atoms with E-state index in [9.17, 15) is 63.3 Å². The standard InChI is InChI=1S/C51H81N9O16S.Gd/c1-5-36(2)40(50(72)53-10-12-60-45(64)27-37(3)51(60)73)29-42(61)41(9-26-77-4)55-49(71)39-8-6-7-38(28-39)30-54-44(63)35-76-25-24-75-23-22-74-21-11-52-43(62)31-56-13-15-57(32-46(65)66)17-19-59(34-48(69)70)20-18-58(16-14-56)33-47(67)68;/h6-8,28,36-37,40-41H,5,9-27,29-35H2,1-4H3,(H,52,62)(H,53,72)(H,54,63)(H,55,71)(H,65,66)(H,67,68)(H,69,70);/t36-,37?,40-,41-;/m0./s1. The van der Waals surface area contributed by atoms with Gasteiger partial charge in [0.2, 0.25) is 29.5 Å². The van der Waals surface area contributed by atoms with Gasteiger partial charge in [0.25, 0.3) is 5.91 Å². The Bertz CT molecular complexity index is 2080. The number of amides is 6. The molecule has 4 atom stereocenters. The number of carboxylic acid groups (broad SMARTS) is 3. The zero-order valence-electron chi connectivity index (χ0n) is 45.4. The number of ketones is 1. The molecule has 0 radical (unpaired) electrons. The fraction of sp³-hybridized carbons (Fsp3) is 0.686. The second kappa shape index (κ2) is 39.2. The fourth-order valence-corrected chi connectivity index (χ4v) is 8.95. The van der Waals surface area contributed by atoms with Crippen molar-refractivity contribution >= 4 is 70.9 Å². The number of nitrogens with one attached hydrogen (secondary N) is 4. The SMILES string of the molecule is CC[C@H](C)[C@H](CC(=O)[C@H](CCSC)NC(=O)c1cccc(CNC(=O)COCCOCCOCCNC(=O)CN2CCN(CC(=O)O)CCN(CC(=O)O)CCN(CC(=O)O)CC2)c1)C(=O)NCCN1C(=O)CC(C)C1=O.[Gd]. The van der Waals surface area contributed by atoms with Gasteiger partial charge in [0.05, 0.1) is 65.3 Å². The van der Waals surface area contributed by atoms with Crippen LogP contribution in [0.3, 0.4) is 0 Å². The molecule has 3 rings (SSSR count). The van der Waals surface area contributed by atoms with Crippen LogP contribution in [0.5, 0.6) is 0 Å². The maximum absolute atomic E-state index is 13.8. The van der Waals surface area contributed by atoms with Crippen molar-refractivity contribution in [2.45, 2.75) is 59.0 Å². The maximum Gasteiger partial charge on any atom is 0.317 e. The first-order valence-corrected chi connectivity index (χ1v) is 27.5. The van der Waals surface area contributed by atoms with Crippen LogP contribution >= 0.6 is 11.8 Å². The monoisotopic (exact) mass is 1270 g/mol. The minimum Gasteiger partial charge on any atom is -0.480 e. The molecule has 78 heavy (non-hydrogen) atoms. The van der Waals surface area contributed by atoms with Crippen LogP contribution < -0.4 is 21.3 Å². The molecule has 25 nitrogen and oxygen atoms in total. The van der Waals surface area contributed by atoms with Crippen molar-refractivity contribution in [1.29, 1.82) is 0 Å². The molecule has 2 heterocycles. The Morgan fingerprint density at radius 2 is 1.26 bits per heavy atom. The summed E-state index contributed by atoms with van der Waals surface area (Å²) in [5, 5.41) is 39.4. The second-order valence-electron chi connectivity index (χ2n) is 19.1. The molecule has 0 bridgehead atoms. The van der Waals surface area contributed by atoms with E-state index in [1.54, 1.807) is 45.9 Å². The summed E-state index contributed by atoms with van der Waals surface area (Å²) >= 11 is 1.52. The van der Waals surface area contributed by atoms with E-state index in [0.717, 1.165) is 4.90 Å². The van der Waals surface area contributed by atoms with Crippen molar-refractivity contribution < 1.29 is 117 Å². The molecule has 0 spiro atoms. The number of imide groups is 1. The first-order chi connectivity index (χ1) is 36.8. The van der Waals surface area contributed by atoms with Crippen molar-refractivity contribution in [3.05, 3.63) is 35.4 Å². The second-order valence-corrected chi connectivity index (χ2v) is 20.1. The first-order valence-electron chi connectivity index (χ1n) is 26.1. The van der Waals surface area contributed by atoms with Gasteiger partial charge in [-0.2, -0.15) is 11.8 Å². The van der Waals surface area contributed by atoms with E-state index in [2.05, 4.69) is 21.3 Å². The van der Waals surface area contributed by atoms with E-state index in [0.29, 0.717) is 50.3 Å². The molecule has 27 heteroatoms. The molecule has 0 aromatic heterocycles. The molecule has 440 valence electrons. The number of carboxylic acids is 3. The average Bonchev–Trinajstić information content (AvgIpc) is 3.63. The van der Waals surface area contributed by atoms with Crippen molar-refractivity contribution in [2.24, 2.45) is 17.8 Å². The minimum atomic E-state index is -1.04. The summed E-state index contributed by atoms with van der Waals surface area (Å²) in [5.41, 5.74) is 0.921. The Hall–Kier alpha value is -4.29. The Kier molecular flexibility index (Phi) is 35.1. The Labute approximate surface area is 492 Å². The summed E-state index contributed by atoms with van der Waals surface area (Å²) in [4.78, 5) is 133. The first kappa shape index (κ1) is 69.8. The predicted molar refractivity (Wildman–Crippen MR) is 283 cm³/mol. The minimum absolute atomic E-state index is 0. The number of aliphatic carboxylic acids is 3. The van der Waals surface area contributed by atoms with Gasteiger partial charge in [-0.3, -0.25) is 72.4 Å². The number of hydrogen-bond donors (Lipinski definition) is 7. The third-order valence-electron chi connectivity index (χ3n) is 13.1. The molecule has 1 aromatic rings. The van der Waals surface area contributed by atoms with Crippen LogP contribution in [0, 0.1) is 57.7 Å². The summed E-state index contributed by atoms with van der Waals surface area (Å²) in [6, 6.07) is 5.77. The number of hydrogen-bond acceptors (Lipinski definition) is 18.